The highest BCUT2D eigenvalue weighted by Gasteiger charge is 2.40. The van der Waals surface area contributed by atoms with Gasteiger partial charge in [0, 0.05) is 10.8 Å². The molecule has 4 rings (SSSR count). The lowest BCUT2D eigenvalue weighted by atomic mass is 9.60. The second kappa shape index (κ2) is 11.4. The van der Waals surface area contributed by atoms with Crippen molar-refractivity contribution < 1.29 is 20.4 Å². The summed E-state index contributed by atoms with van der Waals surface area (Å²) in [5, 5.41) is 37.9. The fraction of sp³-hybridized carbons (Fsp3) is 0.314. The van der Waals surface area contributed by atoms with Crippen LogP contribution in [-0.2, 0) is 10.8 Å². The maximum Gasteiger partial charge on any atom is 0.115 e. The lowest BCUT2D eigenvalue weighted by Crippen LogP contribution is -2.38. The number of phenols is 4. The van der Waals surface area contributed by atoms with Crippen LogP contribution in [-0.4, -0.2) is 20.4 Å². The third-order valence-corrected chi connectivity index (χ3v) is 8.48. The molecule has 0 saturated heterocycles. The lowest BCUT2D eigenvalue weighted by Gasteiger charge is -2.43. The minimum Gasteiger partial charge on any atom is -0.508 e. The highest BCUT2D eigenvalue weighted by molar-refractivity contribution is 5.45. The van der Waals surface area contributed by atoms with Crippen LogP contribution < -0.4 is 0 Å². The van der Waals surface area contributed by atoms with Crippen LogP contribution >= 0.6 is 0 Å². The molecule has 0 spiro atoms. The van der Waals surface area contributed by atoms with Crippen LogP contribution in [0.25, 0.3) is 0 Å². The van der Waals surface area contributed by atoms with E-state index in [4.69, 9.17) is 0 Å². The van der Waals surface area contributed by atoms with Gasteiger partial charge >= 0.3 is 0 Å². The van der Waals surface area contributed by atoms with E-state index in [2.05, 4.69) is 48.5 Å². The van der Waals surface area contributed by atoms with Crippen molar-refractivity contribution in [3.63, 3.8) is 0 Å². The molecule has 0 amide bonds. The maximum atomic E-state index is 9.50. The zero-order chi connectivity index (χ0) is 29.0. The van der Waals surface area contributed by atoms with Crippen LogP contribution in [0.5, 0.6) is 23.0 Å². The molecular weight excluding hydrogens is 484 g/mol. The molecule has 0 aliphatic heterocycles. The van der Waals surface area contributed by atoms with Gasteiger partial charge < -0.3 is 20.4 Å². The molecular formula is C35H42O4. The molecule has 0 atom stereocenters. The Labute approximate surface area is 233 Å². The molecule has 4 nitrogen and oxygen atoms in total. The molecule has 0 aliphatic carbocycles. The van der Waals surface area contributed by atoms with Gasteiger partial charge in [-0.25, -0.2) is 0 Å². The molecule has 4 aromatic rings. The van der Waals surface area contributed by atoms with E-state index in [9.17, 15) is 20.4 Å². The number of phenolic OH excluding ortho intramolecular Hbond substituents is 4. The van der Waals surface area contributed by atoms with Crippen LogP contribution in [0.3, 0.4) is 0 Å². The number of aromatic hydroxyl groups is 4. The van der Waals surface area contributed by atoms with Crippen molar-refractivity contribution >= 4 is 0 Å². The summed E-state index contributed by atoms with van der Waals surface area (Å²) in [7, 11) is 0. The average molecular weight is 527 g/mol. The van der Waals surface area contributed by atoms with Crippen molar-refractivity contribution in [2.75, 3.05) is 0 Å². The summed E-state index contributed by atoms with van der Waals surface area (Å²) in [6.07, 6.45) is 0. The van der Waals surface area contributed by atoms with Crippen molar-refractivity contribution in [1.82, 2.24) is 0 Å². The third-order valence-electron chi connectivity index (χ3n) is 8.48. The predicted octanol–water partition coefficient (Wildman–Crippen LogP) is 8.51. The molecule has 0 unspecified atom stereocenters. The second-order valence-electron chi connectivity index (χ2n) is 11.9. The third kappa shape index (κ3) is 6.22. The van der Waals surface area contributed by atoms with Crippen LogP contribution in [0.15, 0.2) is 97.1 Å². The van der Waals surface area contributed by atoms with Crippen molar-refractivity contribution in [3.8, 4) is 23.0 Å². The molecule has 4 N–H and O–H groups in total. The van der Waals surface area contributed by atoms with Gasteiger partial charge in [-0.15, -0.1) is 0 Å². The first-order valence-electron chi connectivity index (χ1n) is 13.4. The summed E-state index contributed by atoms with van der Waals surface area (Å²) in [4.78, 5) is 0. The van der Waals surface area contributed by atoms with Crippen molar-refractivity contribution in [3.05, 3.63) is 119 Å². The summed E-state index contributed by atoms with van der Waals surface area (Å²) in [6, 6.07) is 29.5. The van der Waals surface area contributed by atoms with Gasteiger partial charge in [0.2, 0.25) is 0 Å². The van der Waals surface area contributed by atoms with Crippen molar-refractivity contribution in [1.29, 1.82) is 0 Å². The van der Waals surface area contributed by atoms with E-state index in [1.165, 1.54) is 0 Å². The largest absolute Gasteiger partial charge is 0.508 e. The van der Waals surface area contributed by atoms with Gasteiger partial charge in [0.15, 0.2) is 0 Å². The first kappa shape index (κ1) is 29.6. The van der Waals surface area contributed by atoms with Crippen LogP contribution in [0.2, 0.25) is 0 Å². The fourth-order valence-electron chi connectivity index (χ4n) is 5.07. The smallest absolute Gasteiger partial charge is 0.115 e. The summed E-state index contributed by atoms with van der Waals surface area (Å²) in [5.74, 6) is 1.49. The van der Waals surface area contributed by atoms with Crippen LogP contribution in [0.1, 0.15) is 70.7 Å². The summed E-state index contributed by atoms with van der Waals surface area (Å²) < 4.78 is 0. The van der Waals surface area contributed by atoms with Gasteiger partial charge in [-0.05, 0) is 82.1 Å². The Morgan fingerprint density at radius 2 is 0.641 bits per heavy atom. The van der Waals surface area contributed by atoms with Crippen LogP contribution in [0.4, 0.5) is 0 Å². The topological polar surface area (TPSA) is 80.9 Å². The quantitative estimate of drug-likeness (QED) is 0.210. The van der Waals surface area contributed by atoms with Gasteiger partial charge in [-0.2, -0.15) is 0 Å². The Morgan fingerprint density at radius 3 is 0.846 bits per heavy atom. The van der Waals surface area contributed by atoms with Crippen molar-refractivity contribution in [2.24, 2.45) is 11.3 Å². The van der Waals surface area contributed by atoms with Gasteiger partial charge in [0.25, 0.3) is 0 Å². The Bertz CT molecular complexity index is 1240. The number of hydrogen-bond acceptors (Lipinski definition) is 4. The molecule has 0 aliphatic rings. The fourth-order valence-corrected chi connectivity index (χ4v) is 5.07. The molecule has 0 radical (unpaired) electrons. The SMILES string of the molecule is CC(C)(C)C(C)(c1ccc(O)cc1)c1ccc(O)cc1.CC(C)C(C)(c1ccc(O)cc1)c1ccc(O)cc1. The Balaban J connectivity index is 0.000000216. The average Bonchev–Trinajstić information content (AvgIpc) is 2.89. The predicted molar refractivity (Wildman–Crippen MR) is 160 cm³/mol. The molecule has 0 saturated carbocycles. The highest BCUT2D eigenvalue weighted by atomic mass is 16.3. The van der Waals surface area contributed by atoms with Crippen molar-refractivity contribution in [2.45, 2.75) is 59.3 Å². The van der Waals surface area contributed by atoms with E-state index in [1.54, 1.807) is 48.5 Å². The molecule has 206 valence electrons. The Hall–Kier alpha value is -3.92. The summed E-state index contributed by atoms with van der Waals surface area (Å²) in [6.45, 7) is 15.4. The first-order valence-corrected chi connectivity index (χ1v) is 13.4. The van der Waals surface area contributed by atoms with E-state index in [0.29, 0.717) is 5.92 Å². The minimum absolute atomic E-state index is 0.0130. The highest BCUT2D eigenvalue weighted by Crippen LogP contribution is 2.47. The minimum atomic E-state index is -0.214. The molecule has 0 fully saturated rings. The zero-order valence-corrected chi connectivity index (χ0v) is 24.1. The molecule has 0 aromatic heterocycles. The number of benzene rings is 4. The van der Waals surface area contributed by atoms with Gasteiger partial charge in [-0.1, -0.05) is 97.0 Å². The Morgan fingerprint density at radius 1 is 0.410 bits per heavy atom. The number of hydrogen-bond donors (Lipinski definition) is 4. The van der Waals surface area contributed by atoms with E-state index < -0.39 is 0 Å². The van der Waals surface area contributed by atoms with E-state index in [-0.39, 0.29) is 39.2 Å². The van der Waals surface area contributed by atoms with E-state index in [1.807, 2.05) is 48.5 Å². The molecule has 0 bridgehead atoms. The monoisotopic (exact) mass is 526 g/mol. The van der Waals surface area contributed by atoms with Gasteiger partial charge in [0.1, 0.15) is 23.0 Å². The normalized spacial score (nSPS) is 12.1. The molecule has 39 heavy (non-hydrogen) atoms. The standard InChI is InChI=1S/C18H22O2.C17H20O2/c1-17(2,3)18(4,13-5-9-15(19)10-6-13)14-7-11-16(20)12-8-14;1-12(2)17(3,13-4-8-15(18)9-5-13)14-6-10-16(19)11-7-14/h5-12,19-20H,1-4H3;4-12,18-19H,1-3H3. The lowest BCUT2D eigenvalue weighted by molar-refractivity contribution is 0.249. The molecule has 4 heteroatoms. The van der Waals surface area contributed by atoms with Gasteiger partial charge in [0.05, 0.1) is 0 Å². The van der Waals surface area contributed by atoms with E-state index >= 15 is 0 Å². The number of rotatable bonds is 5. The Kier molecular flexibility index (Phi) is 8.70. The van der Waals surface area contributed by atoms with Crippen LogP contribution in [0, 0.1) is 11.3 Å². The zero-order valence-electron chi connectivity index (χ0n) is 24.1. The van der Waals surface area contributed by atoms with E-state index in [0.717, 1.165) is 22.3 Å². The molecule has 0 heterocycles. The molecule has 4 aromatic carbocycles. The maximum absolute atomic E-state index is 9.50. The second-order valence-corrected chi connectivity index (χ2v) is 11.9. The summed E-state index contributed by atoms with van der Waals surface area (Å²) >= 11 is 0. The van der Waals surface area contributed by atoms with Gasteiger partial charge in [-0.3, -0.25) is 0 Å². The summed E-state index contributed by atoms with van der Waals surface area (Å²) in [5.41, 5.74) is 4.23. The first-order chi connectivity index (χ1) is 18.2.